The Morgan fingerprint density at radius 1 is 1.18 bits per heavy atom. The van der Waals surface area contributed by atoms with Crippen LogP contribution in [-0.2, 0) is 6.61 Å². The first-order valence-electron chi connectivity index (χ1n) is 12.0. The standard InChI is InChI=1S/C28H25BrIN3O5/c1-4-16(2)27-32-22-7-6-19(29)12-20(22)28(34)33(27)31-13-18-9-21(30)26(25(11-18)35-3)36-14-17-5-8-23-24(10-17)38-15-37-23/h5-13,16H,4,14-15H2,1-3H3/t16-/m0/s1. The SMILES string of the molecule is CC[C@H](C)c1nc2ccc(Br)cc2c(=O)n1N=Cc1cc(I)c(OCc2ccc3c(c2)OCO3)c(OC)c1. The summed E-state index contributed by atoms with van der Waals surface area (Å²) in [5.74, 6) is 3.30. The predicted octanol–water partition coefficient (Wildman–Crippen LogP) is 6.48. The van der Waals surface area contributed by atoms with E-state index in [4.69, 9.17) is 23.9 Å². The summed E-state index contributed by atoms with van der Waals surface area (Å²) in [5, 5.41) is 5.08. The van der Waals surface area contributed by atoms with Crippen LogP contribution in [0.1, 0.15) is 43.1 Å². The molecular weight excluding hydrogens is 665 g/mol. The van der Waals surface area contributed by atoms with Gasteiger partial charge in [0.15, 0.2) is 23.0 Å². The van der Waals surface area contributed by atoms with Crippen molar-refractivity contribution in [3.05, 3.63) is 83.9 Å². The van der Waals surface area contributed by atoms with E-state index in [1.165, 1.54) is 4.68 Å². The first-order valence-corrected chi connectivity index (χ1v) is 13.9. The number of aromatic nitrogens is 2. The van der Waals surface area contributed by atoms with E-state index in [2.05, 4.69) is 50.5 Å². The molecule has 0 amide bonds. The minimum Gasteiger partial charge on any atom is -0.493 e. The molecule has 0 bridgehead atoms. The van der Waals surface area contributed by atoms with E-state index < -0.39 is 0 Å². The topological polar surface area (TPSA) is 84.2 Å². The number of hydrogen-bond acceptors (Lipinski definition) is 7. The second-order valence-corrected chi connectivity index (χ2v) is 10.9. The third-order valence-electron chi connectivity index (χ3n) is 6.28. The van der Waals surface area contributed by atoms with Crippen LogP contribution >= 0.6 is 38.5 Å². The van der Waals surface area contributed by atoms with Crippen molar-refractivity contribution in [2.75, 3.05) is 13.9 Å². The summed E-state index contributed by atoms with van der Waals surface area (Å²) in [5.41, 5.74) is 2.15. The van der Waals surface area contributed by atoms with Crippen LogP contribution in [0.25, 0.3) is 10.9 Å². The molecule has 0 saturated carbocycles. The maximum absolute atomic E-state index is 13.4. The zero-order valence-corrected chi connectivity index (χ0v) is 24.8. The molecule has 0 spiro atoms. The Kier molecular flexibility index (Phi) is 7.89. The van der Waals surface area contributed by atoms with Crippen LogP contribution in [0, 0.1) is 3.57 Å². The van der Waals surface area contributed by atoms with Gasteiger partial charge in [0.1, 0.15) is 12.4 Å². The lowest BCUT2D eigenvalue weighted by Crippen LogP contribution is -2.23. The average molecular weight is 690 g/mol. The second-order valence-electron chi connectivity index (χ2n) is 8.81. The Morgan fingerprint density at radius 2 is 2.00 bits per heavy atom. The summed E-state index contributed by atoms with van der Waals surface area (Å²) in [6.07, 6.45) is 2.47. The highest BCUT2D eigenvalue weighted by atomic mass is 127. The molecule has 1 aliphatic heterocycles. The maximum Gasteiger partial charge on any atom is 0.282 e. The minimum absolute atomic E-state index is 0.0505. The molecule has 1 atom stereocenters. The molecule has 0 unspecified atom stereocenters. The lowest BCUT2D eigenvalue weighted by Gasteiger charge is -2.15. The molecule has 196 valence electrons. The van der Waals surface area contributed by atoms with Crippen molar-refractivity contribution in [1.82, 2.24) is 9.66 Å². The van der Waals surface area contributed by atoms with Gasteiger partial charge in [-0.15, -0.1) is 0 Å². The lowest BCUT2D eigenvalue weighted by molar-refractivity contribution is 0.174. The largest absolute Gasteiger partial charge is 0.493 e. The summed E-state index contributed by atoms with van der Waals surface area (Å²) in [7, 11) is 1.59. The Morgan fingerprint density at radius 3 is 2.79 bits per heavy atom. The van der Waals surface area contributed by atoms with Gasteiger partial charge in [-0.05, 0) is 82.6 Å². The zero-order valence-electron chi connectivity index (χ0n) is 21.0. The molecule has 0 saturated heterocycles. The molecule has 3 aromatic carbocycles. The van der Waals surface area contributed by atoms with Crippen LogP contribution in [0.4, 0.5) is 0 Å². The molecule has 0 radical (unpaired) electrons. The highest BCUT2D eigenvalue weighted by molar-refractivity contribution is 14.1. The fraction of sp³-hybridized carbons (Fsp3) is 0.250. The third kappa shape index (κ3) is 5.37. The molecule has 0 aliphatic carbocycles. The van der Waals surface area contributed by atoms with Gasteiger partial charge in [-0.1, -0.05) is 35.8 Å². The number of nitrogens with zero attached hydrogens (tertiary/aromatic N) is 3. The average Bonchev–Trinajstić information content (AvgIpc) is 3.39. The summed E-state index contributed by atoms with van der Waals surface area (Å²) in [6.45, 7) is 4.66. The van der Waals surface area contributed by atoms with Crippen LogP contribution in [0.15, 0.2) is 62.9 Å². The lowest BCUT2D eigenvalue weighted by atomic mass is 10.1. The number of benzene rings is 3. The smallest absolute Gasteiger partial charge is 0.282 e. The van der Waals surface area contributed by atoms with E-state index in [-0.39, 0.29) is 18.3 Å². The number of rotatable bonds is 8. The third-order valence-corrected chi connectivity index (χ3v) is 7.58. The molecule has 0 N–H and O–H groups in total. The summed E-state index contributed by atoms with van der Waals surface area (Å²) in [6, 6.07) is 15.0. The Balaban J connectivity index is 1.45. The van der Waals surface area contributed by atoms with Gasteiger partial charge in [0.25, 0.3) is 5.56 Å². The van der Waals surface area contributed by atoms with E-state index in [9.17, 15) is 4.79 Å². The van der Waals surface area contributed by atoms with Gasteiger partial charge in [0, 0.05) is 10.4 Å². The molecular formula is C28H25BrIN3O5. The summed E-state index contributed by atoms with van der Waals surface area (Å²) >= 11 is 5.66. The molecule has 38 heavy (non-hydrogen) atoms. The van der Waals surface area contributed by atoms with Crippen LogP contribution in [-0.4, -0.2) is 29.8 Å². The fourth-order valence-electron chi connectivity index (χ4n) is 4.04. The van der Waals surface area contributed by atoms with Crippen LogP contribution in [0.3, 0.4) is 0 Å². The normalized spacial score (nSPS) is 13.3. The quantitative estimate of drug-likeness (QED) is 0.156. The molecule has 1 aliphatic rings. The minimum atomic E-state index is -0.215. The van der Waals surface area contributed by atoms with E-state index in [0.29, 0.717) is 40.6 Å². The summed E-state index contributed by atoms with van der Waals surface area (Å²) in [4.78, 5) is 18.2. The second kappa shape index (κ2) is 11.3. The predicted molar refractivity (Wildman–Crippen MR) is 158 cm³/mol. The summed E-state index contributed by atoms with van der Waals surface area (Å²) < 4.78 is 25.6. The van der Waals surface area contributed by atoms with E-state index in [0.717, 1.165) is 31.3 Å². The van der Waals surface area contributed by atoms with Gasteiger partial charge < -0.3 is 18.9 Å². The molecule has 5 rings (SSSR count). The number of methoxy groups -OCH3 is 1. The van der Waals surface area contributed by atoms with Gasteiger partial charge >= 0.3 is 0 Å². The maximum atomic E-state index is 13.4. The van der Waals surface area contributed by atoms with Crippen LogP contribution in [0.2, 0.25) is 0 Å². The van der Waals surface area contributed by atoms with Gasteiger partial charge in [-0.3, -0.25) is 4.79 Å². The number of ether oxygens (including phenoxy) is 4. The first kappa shape index (κ1) is 26.5. The van der Waals surface area contributed by atoms with Crippen molar-refractivity contribution in [3.63, 3.8) is 0 Å². The number of halogens is 2. The van der Waals surface area contributed by atoms with E-state index in [1.54, 1.807) is 19.4 Å². The van der Waals surface area contributed by atoms with Gasteiger partial charge in [0.05, 0.1) is 27.8 Å². The Labute approximate surface area is 241 Å². The van der Waals surface area contributed by atoms with Crippen molar-refractivity contribution >= 4 is 55.6 Å². The first-order chi connectivity index (χ1) is 18.4. The Bertz CT molecular complexity index is 1600. The van der Waals surface area contributed by atoms with E-state index in [1.807, 2.05) is 49.4 Å². The molecule has 0 fully saturated rings. The molecule has 2 heterocycles. The van der Waals surface area contributed by atoms with Crippen LogP contribution < -0.4 is 24.5 Å². The van der Waals surface area contributed by atoms with Crippen molar-refractivity contribution < 1.29 is 18.9 Å². The fourth-order valence-corrected chi connectivity index (χ4v) is 5.19. The molecule has 4 aromatic rings. The molecule has 8 nitrogen and oxygen atoms in total. The van der Waals surface area contributed by atoms with E-state index >= 15 is 0 Å². The van der Waals surface area contributed by atoms with Gasteiger partial charge in [-0.25, -0.2) is 4.98 Å². The number of fused-ring (bicyclic) bond motifs is 2. The van der Waals surface area contributed by atoms with Crippen molar-refractivity contribution in [3.8, 4) is 23.0 Å². The Hall–Kier alpha value is -3.12. The highest BCUT2D eigenvalue weighted by Gasteiger charge is 2.17. The monoisotopic (exact) mass is 689 g/mol. The van der Waals surface area contributed by atoms with Crippen LogP contribution in [0.5, 0.6) is 23.0 Å². The van der Waals surface area contributed by atoms with Gasteiger partial charge in [0.2, 0.25) is 6.79 Å². The molecule has 10 heteroatoms. The highest BCUT2D eigenvalue weighted by Crippen LogP contribution is 2.36. The molecule has 1 aromatic heterocycles. The number of hydrogen-bond donors (Lipinski definition) is 0. The van der Waals surface area contributed by atoms with Gasteiger partial charge in [-0.2, -0.15) is 9.78 Å². The van der Waals surface area contributed by atoms with Crippen molar-refractivity contribution in [2.24, 2.45) is 5.10 Å². The zero-order chi connectivity index (χ0) is 26.8. The van der Waals surface area contributed by atoms with Crippen molar-refractivity contribution in [2.45, 2.75) is 32.8 Å². The van der Waals surface area contributed by atoms with Crippen molar-refractivity contribution in [1.29, 1.82) is 0 Å².